The molecule has 28 heavy (non-hydrogen) atoms. The van der Waals surface area contributed by atoms with Crippen LogP contribution in [0.4, 0.5) is 5.69 Å². The van der Waals surface area contributed by atoms with Crippen LogP contribution in [0.3, 0.4) is 0 Å². The van der Waals surface area contributed by atoms with Gasteiger partial charge in [-0.25, -0.2) is 4.79 Å². The molecule has 1 aromatic rings. The highest BCUT2D eigenvalue weighted by Gasteiger charge is 2.24. The maximum Gasteiger partial charge on any atom is 0.338 e. The molecule has 0 aliphatic carbocycles. The summed E-state index contributed by atoms with van der Waals surface area (Å²) in [6.07, 6.45) is 5.03. The topological polar surface area (TPSA) is 61.9 Å². The highest BCUT2D eigenvalue weighted by Crippen LogP contribution is 2.23. The lowest BCUT2D eigenvalue weighted by atomic mass is 9.93. The zero-order valence-electron chi connectivity index (χ0n) is 16.5. The zero-order valence-corrected chi connectivity index (χ0v) is 17.3. The van der Waals surface area contributed by atoms with Gasteiger partial charge < -0.3 is 19.9 Å². The van der Waals surface area contributed by atoms with E-state index in [1.807, 2.05) is 17.0 Å². The minimum atomic E-state index is -0.311. The number of anilines is 1. The van der Waals surface area contributed by atoms with Gasteiger partial charge in [-0.15, -0.1) is 0 Å². The third-order valence-corrected chi connectivity index (χ3v) is 5.89. The van der Waals surface area contributed by atoms with Gasteiger partial charge in [-0.2, -0.15) is 0 Å². The molecule has 0 unspecified atom stereocenters. The molecular weight excluding hydrogens is 374 g/mol. The van der Waals surface area contributed by atoms with Crippen LogP contribution in [0.15, 0.2) is 24.3 Å². The first-order chi connectivity index (χ1) is 13.6. The average molecular weight is 404 g/mol. The normalized spacial score (nSPS) is 17.7. The van der Waals surface area contributed by atoms with Gasteiger partial charge in [0.1, 0.15) is 0 Å². The molecule has 1 amide bonds. The number of carbonyl (C=O) groups is 2. The van der Waals surface area contributed by atoms with Crippen LogP contribution in [-0.4, -0.2) is 59.6 Å². The Kier molecular flexibility index (Phi) is 7.25. The Morgan fingerprint density at radius 1 is 1.21 bits per heavy atom. The van der Waals surface area contributed by atoms with Crippen LogP contribution in [0, 0.1) is 5.92 Å². The molecule has 2 heterocycles. The standard InChI is InChI=1S/C21H29N3O3S/c1-2-27-20(26)17-5-7-18(8-6-17)22-21(28)24-14-10-16(11-15-24)9-13-23-12-3-4-19(23)25/h5-8,16H,2-4,9-15H2,1H3,(H,22,28). The Balaban J connectivity index is 1.41. The SMILES string of the molecule is CCOC(=O)c1ccc(NC(=S)N2CCC(CCN3CCCC3=O)CC2)cc1. The lowest BCUT2D eigenvalue weighted by molar-refractivity contribution is -0.127. The lowest BCUT2D eigenvalue weighted by Gasteiger charge is -2.34. The summed E-state index contributed by atoms with van der Waals surface area (Å²) < 4.78 is 5.00. The van der Waals surface area contributed by atoms with Gasteiger partial charge in [-0.05, 0) is 75.0 Å². The molecule has 3 rings (SSSR count). The highest BCUT2D eigenvalue weighted by atomic mass is 32.1. The maximum absolute atomic E-state index is 11.7. The van der Waals surface area contributed by atoms with E-state index in [4.69, 9.17) is 17.0 Å². The average Bonchev–Trinajstić information content (AvgIpc) is 3.12. The predicted octanol–water partition coefficient (Wildman–Crippen LogP) is 3.28. The predicted molar refractivity (Wildman–Crippen MR) is 113 cm³/mol. The van der Waals surface area contributed by atoms with Crippen molar-refractivity contribution in [3.8, 4) is 0 Å². The first-order valence-corrected chi connectivity index (χ1v) is 10.6. The first kappa shape index (κ1) is 20.6. The molecule has 1 aromatic carbocycles. The molecule has 1 N–H and O–H groups in total. The van der Waals surface area contributed by atoms with Crippen molar-refractivity contribution in [2.75, 3.05) is 38.1 Å². The van der Waals surface area contributed by atoms with Crippen molar-refractivity contribution >= 4 is 34.9 Å². The number of benzene rings is 1. The monoisotopic (exact) mass is 403 g/mol. The van der Waals surface area contributed by atoms with Crippen LogP contribution in [0.5, 0.6) is 0 Å². The van der Waals surface area contributed by atoms with Gasteiger partial charge in [-0.1, -0.05) is 0 Å². The van der Waals surface area contributed by atoms with E-state index in [9.17, 15) is 9.59 Å². The molecule has 0 aromatic heterocycles. The van der Waals surface area contributed by atoms with Gasteiger partial charge in [0.25, 0.3) is 0 Å². The first-order valence-electron chi connectivity index (χ1n) is 10.2. The molecular formula is C21H29N3O3S. The number of rotatable bonds is 6. The minimum Gasteiger partial charge on any atom is -0.462 e. The summed E-state index contributed by atoms with van der Waals surface area (Å²) in [5.74, 6) is 0.669. The van der Waals surface area contributed by atoms with Gasteiger partial charge in [0.15, 0.2) is 5.11 Å². The third kappa shape index (κ3) is 5.44. The molecule has 2 aliphatic heterocycles. The fourth-order valence-electron chi connectivity index (χ4n) is 3.81. The van der Waals surface area contributed by atoms with Crippen LogP contribution in [0.1, 0.15) is 49.4 Å². The van der Waals surface area contributed by atoms with Crippen molar-refractivity contribution in [1.82, 2.24) is 9.80 Å². The number of hydrogen-bond donors (Lipinski definition) is 1. The van der Waals surface area contributed by atoms with Crippen molar-refractivity contribution in [3.05, 3.63) is 29.8 Å². The Morgan fingerprint density at radius 2 is 1.93 bits per heavy atom. The molecule has 0 saturated carbocycles. The van der Waals surface area contributed by atoms with Crippen LogP contribution in [0.25, 0.3) is 0 Å². The molecule has 2 saturated heterocycles. The fraction of sp³-hybridized carbons (Fsp3) is 0.571. The second kappa shape index (κ2) is 9.87. The molecule has 0 atom stereocenters. The summed E-state index contributed by atoms with van der Waals surface area (Å²) in [6, 6.07) is 7.18. The second-order valence-electron chi connectivity index (χ2n) is 7.43. The van der Waals surface area contributed by atoms with Crippen molar-refractivity contribution in [3.63, 3.8) is 0 Å². The Labute approximate surface area is 172 Å². The van der Waals surface area contributed by atoms with E-state index in [0.717, 1.165) is 69.1 Å². The summed E-state index contributed by atoms with van der Waals surface area (Å²) in [5, 5.41) is 3.98. The van der Waals surface area contributed by atoms with Crippen LogP contribution in [0.2, 0.25) is 0 Å². The van der Waals surface area contributed by atoms with Crippen molar-refractivity contribution in [2.24, 2.45) is 5.92 Å². The molecule has 2 aliphatic rings. The van der Waals surface area contributed by atoms with E-state index >= 15 is 0 Å². The minimum absolute atomic E-state index is 0.311. The number of amides is 1. The second-order valence-corrected chi connectivity index (χ2v) is 7.82. The van der Waals surface area contributed by atoms with E-state index in [0.29, 0.717) is 24.0 Å². The number of nitrogens with one attached hydrogen (secondary N) is 1. The van der Waals surface area contributed by atoms with E-state index in [2.05, 4.69) is 10.2 Å². The van der Waals surface area contributed by atoms with Gasteiger partial charge in [0.2, 0.25) is 5.91 Å². The number of thiocarbonyl (C=S) groups is 1. The third-order valence-electron chi connectivity index (χ3n) is 5.53. The fourth-order valence-corrected chi connectivity index (χ4v) is 4.11. The number of carbonyl (C=O) groups excluding carboxylic acids is 2. The largest absolute Gasteiger partial charge is 0.462 e. The van der Waals surface area contributed by atoms with Crippen LogP contribution < -0.4 is 5.32 Å². The number of ether oxygens (including phenoxy) is 1. The van der Waals surface area contributed by atoms with E-state index in [1.165, 1.54) is 0 Å². The van der Waals surface area contributed by atoms with Crippen molar-refractivity contribution in [2.45, 2.75) is 39.0 Å². The van der Waals surface area contributed by atoms with Gasteiger partial charge >= 0.3 is 5.97 Å². The summed E-state index contributed by atoms with van der Waals surface area (Å²) >= 11 is 5.56. The Hall–Kier alpha value is -2.15. The number of hydrogen-bond acceptors (Lipinski definition) is 4. The summed E-state index contributed by atoms with van der Waals surface area (Å²) in [6.45, 7) is 5.87. The summed E-state index contributed by atoms with van der Waals surface area (Å²) in [5.41, 5.74) is 1.41. The Bertz CT molecular complexity index is 699. The van der Waals surface area contributed by atoms with Gasteiger partial charge in [0.05, 0.1) is 12.2 Å². The van der Waals surface area contributed by atoms with E-state index in [1.54, 1.807) is 19.1 Å². The molecule has 7 heteroatoms. The molecule has 0 radical (unpaired) electrons. The molecule has 152 valence electrons. The van der Waals surface area contributed by atoms with Gasteiger partial charge in [0, 0.05) is 38.3 Å². The molecule has 2 fully saturated rings. The number of piperidine rings is 1. The highest BCUT2D eigenvalue weighted by molar-refractivity contribution is 7.80. The van der Waals surface area contributed by atoms with Crippen LogP contribution >= 0.6 is 12.2 Å². The number of nitrogens with zero attached hydrogens (tertiary/aromatic N) is 2. The quantitative estimate of drug-likeness (QED) is 0.581. The number of esters is 1. The molecule has 0 spiro atoms. The summed E-state index contributed by atoms with van der Waals surface area (Å²) in [7, 11) is 0. The van der Waals surface area contributed by atoms with Crippen molar-refractivity contribution < 1.29 is 14.3 Å². The van der Waals surface area contributed by atoms with Gasteiger partial charge in [-0.3, -0.25) is 4.79 Å². The molecule has 6 nitrogen and oxygen atoms in total. The maximum atomic E-state index is 11.7. The molecule has 0 bridgehead atoms. The zero-order chi connectivity index (χ0) is 19.9. The smallest absolute Gasteiger partial charge is 0.338 e. The van der Waals surface area contributed by atoms with Crippen LogP contribution in [-0.2, 0) is 9.53 Å². The summed E-state index contributed by atoms with van der Waals surface area (Å²) in [4.78, 5) is 27.6. The lowest BCUT2D eigenvalue weighted by Crippen LogP contribution is -2.41. The Morgan fingerprint density at radius 3 is 2.54 bits per heavy atom. The van der Waals surface area contributed by atoms with Crippen molar-refractivity contribution in [1.29, 1.82) is 0 Å². The number of likely N-dealkylation sites (tertiary alicyclic amines) is 2. The van der Waals surface area contributed by atoms with E-state index < -0.39 is 0 Å². The van der Waals surface area contributed by atoms with E-state index in [-0.39, 0.29) is 5.97 Å².